The maximum absolute atomic E-state index is 12.9. The van der Waals surface area contributed by atoms with Gasteiger partial charge in [-0.25, -0.2) is 8.42 Å². The van der Waals surface area contributed by atoms with Gasteiger partial charge in [0.1, 0.15) is 0 Å². The van der Waals surface area contributed by atoms with E-state index in [0.717, 1.165) is 0 Å². The first kappa shape index (κ1) is 18.8. The number of piperazine rings is 1. The molecule has 0 saturated carbocycles. The van der Waals surface area contributed by atoms with Crippen molar-refractivity contribution in [3.8, 4) is 0 Å². The lowest BCUT2D eigenvalue weighted by atomic mass is 10.2. The summed E-state index contributed by atoms with van der Waals surface area (Å²) in [6.07, 6.45) is 0. The fourth-order valence-electron chi connectivity index (χ4n) is 3.13. The number of carbonyl (C=O) groups is 2. The fourth-order valence-corrected chi connectivity index (χ4v) is 4.60. The lowest BCUT2D eigenvalue weighted by Crippen LogP contribution is -2.49. The van der Waals surface area contributed by atoms with E-state index in [2.05, 4.69) is 0 Å². The molecule has 0 aliphatic carbocycles. The predicted octanol–water partition coefficient (Wildman–Crippen LogP) is 0.0118. The number of nitrogens with zero attached hydrogens (tertiary/aromatic N) is 3. The zero-order valence-electron chi connectivity index (χ0n) is 14.8. The summed E-state index contributed by atoms with van der Waals surface area (Å²) in [5.74, 6) is -0.244. The van der Waals surface area contributed by atoms with Crippen LogP contribution in [0.3, 0.4) is 0 Å². The van der Waals surface area contributed by atoms with Crippen molar-refractivity contribution in [3.05, 3.63) is 29.8 Å². The van der Waals surface area contributed by atoms with E-state index in [0.29, 0.717) is 45.0 Å². The van der Waals surface area contributed by atoms with Gasteiger partial charge in [-0.2, -0.15) is 4.31 Å². The zero-order chi connectivity index (χ0) is 18.7. The molecule has 1 aromatic carbocycles. The van der Waals surface area contributed by atoms with Crippen LogP contribution in [0.2, 0.25) is 0 Å². The van der Waals surface area contributed by atoms with Crippen LogP contribution in [-0.4, -0.2) is 86.8 Å². The normalized spacial score (nSPS) is 19.4. The van der Waals surface area contributed by atoms with Gasteiger partial charge in [-0.3, -0.25) is 9.59 Å². The SMILES string of the molecule is CC(=O)N1CCN(S(=O)(=O)c2cccc(C(=O)N3CCOCC3)c2)CC1. The number of ether oxygens (including phenoxy) is 1. The second kappa shape index (κ2) is 7.73. The lowest BCUT2D eigenvalue weighted by Gasteiger charge is -2.33. The molecule has 2 saturated heterocycles. The summed E-state index contributed by atoms with van der Waals surface area (Å²) in [6.45, 7) is 4.72. The van der Waals surface area contributed by atoms with E-state index < -0.39 is 10.0 Å². The third kappa shape index (κ3) is 3.89. The number of hydrogen-bond acceptors (Lipinski definition) is 5. The van der Waals surface area contributed by atoms with Crippen LogP contribution in [0.5, 0.6) is 0 Å². The molecular formula is C17H23N3O5S. The molecule has 1 aromatic rings. The van der Waals surface area contributed by atoms with Gasteiger partial charge < -0.3 is 14.5 Å². The van der Waals surface area contributed by atoms with E-state index in [4.69, 9.17) is 4.74 Å². The molecule has 0 spiro atoms. The summed E-state index contributed by atoms with van der Waals surface area (Å²) in [4.78, 5) is 27.4. The van der Waals surface area contributed by atoms with Crippen LogP contribution in [0.25, 0.3) is 0 Å². The fraction of sp³-hybridized carbons (Fsp3) is 0.529. The number of rotatable bonds is 3. The summed E-state index contributed by atoms with van der Waals surface area (Å²) in [6, 6.07) is 6.16. The van der Waals surface area contributed by atoms with Gasteiger partial charge in [-0.15, -0.1) is 0 Å². The van der Waals surface area contributed by atoms with Crippen molar-refractivity contribution >= 4 is 21.8 Å². The van der Waals surface area contributed by atoms with Crippen molar-refractivity contribution in [2.24, 2.45) is 0 Å². The maximum Gasteiger partial charge on any atom is 0.254 e. The molecule has 2 aliphatic rings. The Balaban J connectivity index is 1.76. The highest BCUT2D eigenvalue weighted by Gasteiger charge is 2.30. The highest BCUT2D eigenvalue weighted by atomic mass is 32.2. The molecule has 26 heavy (non-hydrogen) atoms. The molecule has 142 valence electrons. The number of benzene rings is 1. The second-order valence-corrected chi connectivity index (χ2v) is 8.28. The zero-order valence-corrected chi connectivity index (χ0v) is 15.6. The number of carbonyl (C=O) groups excluding carboxylic acids is 2. The Bertz CT molecular complexity index is 781. The minimum atomic E-state index is -3.70. The molecule has 0 radical (unpaired) electrons. The molecule has 2 fully saturated rings. The molecular weight excluding hydrogens is 358 g/mol. The van der Waals surface area contributed by atoms with Crippen LogP contribution >= 0.6 is 0 Å². The minimum absolute atomic E-state index is 0.0554. The average molecular weight is 381 g/mol. The van der Waals surface area contributed by atoms with Crippen molar-refractivity contribution in [2.75, 3.05) is 52.5 Å². The Morgan fingerprint density at radius 2 is 1.62 bits per heavy atom. The Hall–Kier alpha value is -1.97. The van der Waals surface area contributed by atoms with E-state index in [1.165, 1.54) is 23.4 Å². The van der Waals surface area contributed by atoms with Crippen molar-refractivity contribution in [1.29, 1.82) is 0 Å². The van der Waals surface area contributed by atoms with Crippen LogP contribution in [0.15, 0.2) is 29.2 Å². The summed E-state index contributed by atoms with van der Waals surface area (Å²) < 4.78 is 32.4. The molecule has 3 rings (SSSR count). The molecule has 2 aliphatic heterocycles. The highest BCUT2D eigenvalue weighted by Crippen LogP contribution is 2.20. The molecule has 2 amide bonds. The van der Waals surface area contributed by atoms with Crippen molar-refractivity contribution in [2.45, 2.75) is 11.8 Å². The molecule has 8 nitrogen and oxygen atoms in total. The summed E-state index contributed by atoms with van der Waals surface area (Å²) in [7, 11) is -3.70. The van der Waals surface area contributed by atoms with Crippen molar-refractivity contribution in [1.82, 2.24) is 14.1 Å². The number of hydrogen-bond donors (Lipinski definition) is 0. The number of amides is 2. The Kier molecular flexibility index (Phi) is 5.59. The lowest BCUT2D eigenvalue weighted by molar-refractivity contribution is -0.129. The van der Waals surface area contributed by atoms with Gasteiger partial charge in [-0.1, -0.05) is 6.07 Å². The van der Waals surface area contributed by atoms with Crippen molar-refractivity contribution < 1.29 is 22.7 Å². The van der Waals surface area contributed by atoms with Gasteiger partial charge in [0.15, 0.2) is 0 Å². The van der Waals surface area contributed by atoms with E-state index in [9.17, 15) is 18.0 Å². The Morgan fingerprint density at radius 3 is 2.23 bits per heavy atom. The smallest absolute Gasteiger partial charge is 0.254 e. The molecule has 9 heteroatoms. The largest absolute Gasteiger partial charge is 0.378 e. The Morgan fingerprint density at radius 1 is 0.962 bits per heavy atom. The van der Waals surface area contributed by atoms with Crippen LogP contribution in [0, 0.1) is 0 Å². The van der Waals surface area contributed by atoms with E-state index in [-0.39, 0.29) is 29.8 Å². The van der Waals surface area contributed by atoms with Gasteiger partial charge in [0, 0.05) is 51.8 Å². The molecule has 0 aromatic heterocycles. The van der Waals surface area contributed by atoms with Crippen LogP contribution in [-0.2, 0) is 19.6 Å². The van der Waals surface area contributed by atoms with Crippen molar-refractivity contribution in [3.63, 3.8) is 0 Å². The first-order valence-corrected chi connectivity index (χ1v) is 10.1. The van der Waals surface area contributed by atoms with Gasteiger partial charge >= 0.3 is 0 Å². The standard InChI is InChI=1S/C17H23N3O5S/c1-14(21)18-5-7-20(8-6-18)26(23,24)16-4-2-3-15(13-16)17(22)19-9-11-25-12-10-19/h2-4,13H,5-12H2,1H3. The summed E-state index contributed by atoms with van der Waals surface area (Å²) in [5.41, 5.74) is 0.357. The highest BCUT2D eigenvalue weighted by molar-refractivity contribution is 7.89. The first-order valence-electron chi connectivity index (χ1n) is 8.62. The predicted molar refractivity (Wildman–Crippen MR) is 94.2 cm³/mol. The van der Waals surface area contributed by atoms with E-state index in [1.54, 1.807) is 21.9 Å². The molecule has 0 atom stereocenters. The topological polar surface area (TPSA) is 87.2 Å². The van der Waals surface area contributed by atoms with Crippen LogP contribution in [0.1, 0.15) is 17.3 Å². The van der Waals surface area contributed by atoms with Crippen LogP contribution < -0.4 is 0 Å². The third-order valence-corrected chi connectivity index (χ3v) is 6.60. The quantitative estimate of drug-likeness (QED) is 0.736. The monoisotopic (exact) mass is 381 g/mol. The Labute approximate surface area is 153 Å². The van der Waals surface area contributed by atoms with Gasteiger partial charge in [0.2, 0.25) is 15.9 Å². The number of morpholine rings is 1. The molecule has 0 N–H and O–H groups in total. The average Bonchev–Trinajstić information content (AvgIpc) is 2.68. The van der Waals surface area contributed by atoms with E-state index in [1.807, 2.05) is 0 Å². The maximum atomic E-state index is 12.9. The number of sulfonamides is 1. The summed E-state index contributed by atoms with van der Waals surface area (Å²) >= 11 is 0. The molecule has 2 heterocycles. The third-order valence-electron chi connectivity index (χ3n) is 4.70. The minimum Gasteiger partial charge on any atom is -0.378 e. The first-order chi connectivity index (χ1) is 12.4. The van der Waals surface area contributed by atoms with Gasteiger partial charge in [0.05, 0.1) is 18.1 Å². The second-order valence-electron chi connectivity index (χ2n) is 6.34. The van der Waals surface area contributed by atoms with Gasteiger partial charge in [-0.05, 0) is 18.2 Å². The molecule has 0 unspecified atom stereocenters. The van der Waals surface area contributed by atoms with E-state index >= 15 is 0 Å². The summed E-state index contributed by atoms with van der Waals surface area (Å²) in [5, 5.41) is 0. The molecule has 0 bridgehead atoms. The van der Waals surface area contributed by atoms with Gasteiger partial charge in [0.25, 0.3) is 5.91 Å². The van der Waals surface area contributed by atoms with Crippen LogP contribution in [0.4, 0.5) is 0 Å².